The van der Waals surface area contributed by atoms with Crippen LogP contribution in [0.2, 0.25) is 0 Å². The fourth-order valence-electron chi connectivity index (χ4n) is 3.89. The van der Waals surface area contributed by atoms with Gasteiger partial charge in [0.1, 0.15) is 17.7 Å². The Hall–Kier alpha value is -2.74. The number of hydrogen-bond donors (Lipinski definition) is 3. The Balaban J connectivity index is 2.65. The number of carbonyl (C=O) groups is 3. The van der Waals surface area contributed by atoms with E-state index in [1.807, 2.05) is 18.2 Å². The number of amides is 2. The van der Waals surface area contributed by atoms with Crippen molar-refractivity contribution in [2.24, 2.45) is 0 Å². The summed E-state index contributed by atoms with van der Waals surface area (Å²) in [6.45, 7) is 13.7. The van der Waals surface area contributed by atoms with Crippen LogP contribution in [0.1, 0.15) is 93.4 Å². The largest absolute Gasteiger partial charge is 0.480 e. The molecule has 1 aliphatic carbocycles. The van der Waals surface area contributed by atoms with E-state index in [-0.39, 0.29) is 12.2 Å². The Morgan fingerprint density at radius 1 is 0.975 bits per heavy atom. The summed E-state index contributed by atoms with van der Waals surface area (Å²) in [6.07, 6.45) is 18.1. The van der Waals surface area contributed by atoms with Crippen molar-refractivity contribution in [3.05, 3.63) is 58.7 Å². The lowest BCUT2D eigenvalue weighted by Crippen LogP contribution is -2.53. The van der Waals surface area contributed by atoms with E-state index in [9.17, 15) is 19.5 Å². The van der Waals surface area contributed by atoms with Crippen molar-refractivity contribution in [1.82, 2.24) is 10.6 Å². The lowest BCUT2D eigenvalue weighted by atomic mass is 9.99. The van der Waals surface area contributed by atoms with E-state index in [0.717, 1.165) is 44.1 Å². The van der Waals surface area contributed by atoms with Crippen LogP contribution in [0.15, 0.2) is 58.7 Å². The predicted molar refractivity (Wildman–Crippen MR) is 167 cm³/mol. The zero-order valence-electron chi connectivity index (χ0n) is 25.5. The number of alkyl carbamates (subject to hydrolysis) is 1. The highest BCUT2D eigenvalue weighted by Crippen LogP contribution is 2.17. The maximum atomic E-state index is 13.1. The number of allylic oxidation sites excluding steroid dienone is 8. The first-order valence-corrected chi connectivity index (χ1v) is 15.3. The highest BCUT2D eigenvalue weighted by atomic mass is 32.2. The molecule has 0 heterocycles. The van der Waals surface area contributed by atoms with E-state index in [2.05, 4.69) is 56.6 Å². The van der Waals surface area contributed by atoms with Gasteiger partial charge in [0.25, 0.3) is 0 Å². The number of nitrogens with one attached hydrogen (secondary N) is 2. The molecule has 3 N–H and O–H groups in total. The van der Waals surface area contributed by atoms with Gasteiger partial charge >= 0.3 is 12.1 Å². The molecule has 7 nitrogen and oxygen atoms in total. The molecule has 1 rings (SSSR count). The van der Waals surface area contributed by atoms with Crippen LogP contribution in [0.25, 0.3) is 0 Å². The number of thioether (sulfide) groups is 1. The average Bonchev–Trinajstić information content (AvgIpc) is 2.84. The molecule has 0 radical (unpaired) electrons. The van der Waals surface area contributed by atoms with Crippen LogP contribution in [0, 0.1) is 0 Å². The van der Waals surface area contributed by atoms with Gasteiger partial charge in [-0.05, 0) is 92.6 Å². The topological polar surface area (TPSA) is 105 Å². The van der Waals surface area contributed by atoms with Crippen LogP contribution in [-0.4, -0.2) is 52.3 Å². The fraction of sp³-hybridized carbons (Fsp3) is 0.594. The van der Waals surface area contributed by atoms with E-state index >= 15 is 0 Å². The summed E-state index contributed by atoms with van der Waals surface area (Å²) >= 11 is 1.45. The molecular formula is C32H50N2O5S. The molecule has 40 heavy (non-hydrogen) atoms. The highest BCUT2D eigenvalue weighted by molar-refractivity contribution is 7.99. The average molecular weight is 575 g/mol. The molecule has 0 aliphatic heterocycles. The van der Waals surface area contributed by atoms with E-state index < -0.39 is 35.7 Å². The maximum absolute atomic E-state index is 13.1. The predicted octanol–water partition coefficient (Wildman–Crippen LogP) is 7.27. The lowest BCUT2D eigenvalue weighted by molar-refractivity contribution is -0.141. The monoisotopic (exact) mass is 574 g/mol. The molecule has 2 unspecified atom stereocenters. The summed E-state index contributed by atoms with van der Waals surface area (Å²) in [6, 6.07) is -2.02. The van der Waals surface area contributed by atoms with Gasteiger partial charge in [-0.1, -0.05) is 53.2 Å². The molecule has 2 amide bonds. The van der Waals surface area contributed by atoms with Gasteiger partial charge in [0.2, 0.25) is 5.91 Å². The number of carboxylic acids is 1. The molecule has 0 saturated carbocycles. The summed E-state index contributed by atoms with van der Waals surface area (Å²) in [5, 5.41) is 15.0. The van der Waals surface area contributed by atoms with Crippen LogP contribution < -0.4 is 10.6 Å². The quantitative estimate of drug-likeness (QED) is 0.132. The minimum absolute atomic E-state index is 0.218. The lowest BCUT2D eigenvalue weighted by Gasteiger charge is -2.25. The molecule has 0 aromatic carbocycles. The maximum Gasteiger partial charge on any atom is 0.408 e. The molecule has 0 aromatic heterocycles. The van der Waals surface area contributed by atoms with Gasteiger partial charge in [-0.15, -0.1) is 0 Å². The standard InChI is InChI=1S/C32H50N2O5S/c1-23(2)13-11-14-24(3)15-12-16-25(4)19-20-40-22-28(30(36)37)33-29(35)27(21-26-17-9-8-10-18-26)34-31(38)39-32(5,6)7/h9,13,15,17-19,27-28H,8,10-12,14,16,20-22H2,1-7H3,(H,33,35)(H,34,38)(H,36,37). The van der Waals surface area contributed by atoms with Crippen LogP contribution in [0.5, 0.6) is 0 Å². The molecule has 224 valence electrons. The zero-order valence-corrected chi connectivity index (χ0v) is 26.3. The van der Waals surface area contributed by atoms with Gasteiger partial charge < -0.3 is 20.5 Å². The second-order valence-electron chi connectivity index (χ2n) is 11.6. The zero-order chi connectivity index (χ0) is 30.1. The van der Waals surface area contributed by atoms with Gasteiger partial charge in [-0.25, -0.2) is 9.59 Å². The van der Waals surface area contributed by atoms with Crippen LogP contribution in [0.4, 0.5) is 4.79 Å². The molecule has 0 bridgehead atoms. The number of carbonyl (C=O) groups excluding carboxylic acids is 2. The van der Waals surface area contributed by atoms with Gasteiger partial charge in [0.05, 0.1) is 0 Å². The number of aliphatic carboxylic acids is 1. The summed E-state index contributed by atoms with van der Waals surface area (Å²) in [5.74, 6) is -0.776. The molecule has 0 saturated heterocycles. The summed E-state index contributed by atoms with van der Waals surface area (Å²) in [7, 11) is 0. The molecule has 0 spiro atoms. The minimum atomic E-state index is -1.11. The van der Waals surface area contributed by atoms with E-state index in [1.165, 1.54) is 28.5 Å². The third-order valence-electron chi connectivity index (χ3n) is 6.09. The van der Waals surface area contributed by atoms with Crippen molar-refractivity contribution >= 4 is 29.7 Å². The van der Waals surface area contributed by atoms with E-state index in [4.69, 9.17) is 4.74 Å². The first kappa shape index (κ1) is 35.3. The van der Waals surface area contributed by atoms with E-state index in [0.29, 0.717) is 5.75 Å². The molecule has 2 atom stereocenters. The normalized spacial score (nSPS) is 15.5. The fourth-order valence-corrected chi connectivity index (χ4v) is 4.89. The van der Waals surface area contributed by atoms with E-state index in [1.54, 1.807) is 20.8 Å². The van der Waals surface area contributed by atoms with Gasteiger partial charge in [0, 0.05) is 17.9 Å². The SMILES string of the molecule is CC(C)=CCCC(C)=CCCC(C)=CCSCC(NC(=O)C(CC1=CCCC=C1)NC(=O)OC(C)(C)C)C(=O)O. The van der Waals surface area contributed by atoms with Crippen molar-refractivity contribution in [2.45, 2.75) is 111 Å². The number of ether oxygens (including phenoxy) is 1. The smallest absolute Gasteiger partial charge is 0.408 e. The van der Waals surface area contributed by atoms with Gasteiger partial charge in [-0.3, -0.25) is 4.79 Å². The van der Waals surface area contributed by atoms with Crippen molar-refractivity contribution in [3.63, 3.8) is 0 Å². The first-order chi connectivity index (χ1) is 18.8. The Bertz CT molecular complexity index is 997. The molecule has 0 fully saturated rings. The number of rotatable bonds is 16. The minimum Gasteiger partial charge on any atom is -0.480 e. The Labute approximate surface area is 245 Å². The Morgan fingerprint density at radius 3 is 2.20 bits per heavy atom. The Morgan fingerprint density at radius 2 is 1.62 bits per heavy atom. The van der Waals surface area contributed by atoms with Crippen LogP contribution >= 0.6 is 11.8 Å². The summed E-state index contributed by atoms with van der Waals surface area (Å²) in [5.41, 5.74) is 4.20. The summed E-state index contributed by atoms with van der Waals surface area (Å²) in [4.78, 5) is 37.4. The van der Waals surface area contributed by atoms with Gasteiger partial charge in [-0.2, -0.15) is 11.8 Å². The first-order valence-electron chi connectivity index (χ1n) is 14.2. The molecular weight excluding hydrogens is 524 g/mol. The second-order valence-corrected chi connectivity index (χ2v) is 12.6. The van der Waals surface area contributed by atoms with Crippen LogP contribution in [-0.2, 0) is 14.3 Å². The highest BCUT2D eigenvalue weighted by Gasteiger charge is 2.28. The van der Waals surface area contributed by atoms with Crippen molar-refractivity contribution in [1.29, 1.82) is 0 Å². The molecule has 0 aromatic rings. The molecule has 1 aliphatic rings. The number of carboxylic acid groups (broad SMARTS) is 1. The van der Waals surface area contributed by atoms with Crippen LogP contribution in [0.3, 0.4) is 0 Å². The number of hydrogen-bond acceptors (Lipinski definition) is 5. The third kappa shape index (κ3) is 17.1. The van der Waals surface area contributed by atoms with Crippen molar-refractivity contribution < 1.29 is 24.2 Å². The molecule has 8 heteroatoms. The van der Waals surface area contributed by atoms with Crippen molar-refractivity contribution in [2.75, 3.05) is 11.5 Å². The van der Waals surface area contributed by atoms with Gasteiger partial charge in [0.15, 0.2) is 0 Å². The third-order valence-corrected chi connectivity index (χ3v) is 7.06. The summed E-state index contributed by atoms with van der Waals surface area (Å²) < 4.78 is 5.33. The Kier molecular flexibility index (Phi) is 16.4. The second kappa shape index (κ2) is 18.6. The van der Waals surface area contributed by atoms with Crippen molar-refractivity contribution in [3.8, 4) is 0 Å².